The van der Waals surface area contributed by atoms with E-state index in [1.807, 2.05) is 0 Å². The highest BCUT2D eigenvalue weighted by Crippen LogP contribution is 2.26. The minimum Gasteiger partial charge on any atom is -0.465 e. The van der Waals surface area contributed by atoms with E-state index in [1.165, 1.54) is 8.61 Å². The van der Waals surface area contributed by atoms with Gasteiger partial charge in [0.2, 0.25) is 0 Å². The van der Waals surface area contributed by atoms with Crippen molar-refractivity contribution < 1.29 is 17.9 Å². The van der Waals surface area contributed by atoms with Crippen LogP contribution < -0.4 is 0 Å². The summed E-state index contributed by atoms with van der Waals surface area (Å²) in [5.74, 6) is -0.416. The zero-order chi connectivity index (χ0) is 13.9. The molecule has 1 atom stereocenters. The maximum Gasteiger partial charge on any atom is 0.324 e. The molecule has 0 aromatic rings. The fourth-order valence-electron chi connectivity index (χ4n) is 2.73. The number of hydrogen-bond donors (Lipinski definition) is 0. The van der Waals surface area contributed by atoms with Crippen LogP contribution in [0.5, 0.6) is 0 Å². The van der Waals surface area contributed by atoms with E-state index in [-0.39, 0.29) is 6.61 Å². The molecule has 2 heterocycles. The largest absolute Gasteiger partial charge is 0.465 e. The van der Waals surface area contributed by atoms with Gasteiger partial charge in [0.05, 0.1) is 6.61 Å². The van der Waals surface area contributed by atoms with Crippen molar-refractivity contribution in [3.8, 4) is 0 Å². The first-order valence-corrected chi connectivity index (χ1v) is 8.40. The van der Waals surface area contributed by atoms with Gasteiger partial charge in [0.25, 0.3) is 10.2 Å². The van der Waals surface area contributed by atoms with Crippen LogP contribution in [0.1, 0.15) is 39.0 Å². The molecule has 110 valence electrons. The number of rotatable bonds is 4. The molecule has 0 spiro atoms. The Balaban J connectivity index is 2.11. The maximum atomic E-state index is 12.6. The molecule has 1 unspecified atom stereocenters. The Morgan fingerprint density at radius 3 is 2.47 bits per heavy atom. The Morgan fingerprint density at radius 2 is 1.84 bits per heavy atom. The number of esters is 1. The molecule has 2 saturated heterocycles. The molecule has 7 heteroatoms. The van der Waals surface area contributed by atoms with Crippen molar-refractivity contribution in [2.75, 3.05) is 26.2 Å². The van der Waals surface area contributed by atoms with Gasteiger partial charge in [-0.3, -0.25) is 4.79 Å². The van der Waals surface area contributed by atoms with Crippen LogP contribution in [0.3, 0.4) is 0 Å². The average molecular weight is 290 g/mol. The molecule has 0 aliphatic carbocycles. The summed E-state index contributed by atoms with van der Waals surface area (Å²) in [6, 6.07) is -0.633. The van der Waals surface area contributed by atoms with Crippen LogP contribution in [0.15, 0.2) is 0 Å². The van der Waals surface area contributed by atoms with Crippen LogP contribution >= 0.6 is 0 Å². The Morgan fingerprint density at radius 1 is 1.16 bits per heavy atom. The Labute approximate surface area is 114 Å². The van der Waals surface area contributed by atoms with Gasteiger partial charge < -0.3 is 4.74 Å². The van der Waals surface area contributed by atoms with E-state index < -0.39 is 22.2 Å². The predicted molar refractivity (Wildman–Crippen MR) is 70.7 cm³/mol. The SMILES string of the molecule is CCOC(=O)C1CCCN1S(=O)(=O)N1CCCCC1. The van der Waals surface area contributed by atoms with Gasteiger partial charge in [0.15, 0.2) is 0 Å². The van der Waals surface area contributed by atoms with Crippen molar-refractivity contribution in [2.45, 2.75) is 45.1 Å². The van der Waals surface area contributed by atoms with E-state index in [9.17, 15) is 13.2 Å². The van der Waals surface area contributed by atoms with Crippen LogP contribution in [0.25, 0.3) is 0 Å². The Kier molecular flexibility index (Phi) is 4.81. The molecule has 0 aromatic heterocycles. The number of ether oxygens (including phenoxy) is 1. The summed E-state index contributed by atoms with van der Waals surface area (Å²) in [6.45, 7) is 3.56. The minimum absolute atomic E-state index is 0.285. The van der Waals surface area contributed by atoms with E-state index in [0.717, 1.165) is 25.7 Å². The van der Waals surface area contributed by atoms with Gasteiger partial charge in [-0.25, -0.2) is 0 Å². The van der Waals surface area contributed by atoms with E-state index >= 15 is 0 Å². The zero-order valence-corrected chi connectivity index (χ0v) is 12.2. The molecule has 19 heavy (non-hydrogen) atoms. The third-order valence-corrected chi connectivity index (χ3v) is 5.75. The molecule has 2 aliphatic heterocycles. The molecule has 0 N–H and O–H groups in total. The number of piperidine rings is 1. The molecule has 2 rings (SSSR count). The summed E-state index contributed by atoms with van der Waals surface area (Å²) < 4.78 is 32.9. The van der Waals surface area contributed by atoms with E-state index in [1.54, 1.807) is 6.92 Å². The highest BCUT2D eigenvalue weighted by molar-refractivity contribution is 7.86. The van der Waals surface area contributed by atoms with Crippen LogP contribution in [0.2, 0.25) is 0 Å². The van der Waals surface area contributed by atoms with Gasteiger partial charge in [-0.15, -0.1) is 0 Å². The molecule has 2 aliphatic rings. The first-order chi connectivity index (χ1) is 9.07. The molecule has 0 amide bonds. The average Bonchev–Trinajstić information content (AvgIpc) is 2.90. The summed E-state index contributed by atoms with van der Waals surface area (Å²) in [6.07, 6.45) is 4.16. The highest BCUT2D eigenvalue weighted by atomic mass is 32.2. The summed E-state index contributed by atoms with van der Waals surface area (Å²) in [7, 11) is -3.51. The van der Waals surface area contributed by atoms with Crippen LogP contribution in [0, 0.1) is 0 Å². The van der Waals surface area contributed by atoms with Crippen molar-refractivity contribution in [3.05, 3.63) is 0 Å². The lowest BCUT2D eigenvalue weighted by Gasteiger charge is -2.32. The first kappa shape index (κ1) is 14.7. The fraction of sp³-hybridized carbons (Fsp3) is 0.917. The van der Waals surface area contributed by atoms with Gasteiger partial charge >= 0.3 is 5.97 Å². The quantitative estimate of drug-likeness (QED) is 0.716. The van der Waals surface area contributed by atoms with Gasteiger partial charge in [0, 0.05) is 19.6 Å². The van der Waals surface area contributed by atoms with Gasteiger partial charge in [0.1, 0.15) is 6.04 Å². The number of nitrogens with zero attached hydrogens (tertiary/aromatic N) is 2. The third-order valence-electron chi connectivity index (χ3n) is 3.70. The molecule has 0 bridgehead atoms. The maximum absolute atomic E-state index is 12.6. The molecular formula is C12H22N2O4S. The first-order valence-electron chi connectivity index (χ1n) is 7.01. The molecule has 0 aromatic carbocycles. The van der Waals surface area contributed by atoms with Crippen molar-refractivity contribution in [3.63, 3.8) is 0 Å². The molecule has 6 nitrogen and oxygen atoms in total. The van der Waals surface area contributed by atoms with E-state index in [4.69, 9.17) is 4.74 Å². The fourth-order valence-corrected chi connectivity index (χ4v) is 4.62. The van der Waals surface area contributed by atoms with Crippen LogP contribution in [-0.2, 0) is 19.7 Å². The van der Waals surface area contributed by atoms with Gasteiger partial charge in [-0.05, 0) is 32.6 Å². The standard InChI is InChI=1S/C12H22N2O4S/c1-2-18-12(15)11-7-6-10-14(11)19(16,17)13-8-4-3-5-9-13/h11H,2-10H2,1H3. The number of hydrogen-bond acceptors (Lipinski definition) is 4. The van der Waals surface area contributed by atoms with Crippen LogP contribution in [-0.4, -0.2) is 55.3 Å². The predicted octanol–water partition coefficient (Wildman–Crippen LogP) is 0.745. The van der Waals surface area contributed by atoms with Crippen molar-refractivity contribution in [1.29, 1.82) is 0 Å². The van der Waals surface area contributed by atoms with E-state index in [0.29, 0.717) is 26.1 Å². The second kappa shape index (κ2) is 6.19. The molecule has 2 fully saturated rings. The topological polar surface area (TPSA) is 66.9 Å². The second-order valence-corrected chi connectivity index (χ2v) is 6.87. The van der Waals surface area contributed by atoms with Crippen LogP contribution in [0.4, 0.5) is 0 Å². The van der Waals surface area contributed by atoms with Crippen molar-refractivity contribution in [1.82, 2.24) is 8.61 Å². The van der Waals surface area contributed by atoms with Crippen molar-refractivity contribution in [2.24, 2.45) is 0 Å². The monoisotopic (exact) mass is 290 g/mol. The van der Waals surface area contributed by atoms with Gasteiger partial charge in [-0.1, -0.05) is 6.42 Å². The second-order valence-electron chi connectivity index (χ2n) is 4.99. The highest BCUT2D eigenvalue weighted by Gasteiger charge is 2.42. The minimum atomic E-state index is -3.51. The normalized spacial score (nSPS) is 26.5. The molecule has 0 radical (unpaired) electrons. The molecule has 0 saturated carbocycles. The van der Waals surface area contributed by atoms with E-state index in [2.05, 4.69) is 0 Å². The number of carbonyl (C=O) groups is 1. The molecular weight excluding hydrogens is 268 g/mol. The summed E-state index contributed by atoms with van der Waals surface area (Å²) >= 11 is 0. The summed E-state index contributed by atoms with van der Waals surface area (Å²) in [5, 5.41) is 0. The Bertz CT molecular complexity index is 417. The zero-order valence-electron chi connectivity index (χ0n) is 11.4. The lowest BCUT2D eigenvalue weighted by atomic mass is 10.2. The number of carbonyl (C=O) groups excluding carboxylic acids is 1. The third kappa shape index (κ3) is 3.09. The summed E-state index contributed by atoms with van der Waals surface area (Å²) in [5.41, 5.74) is 0. The lowest BCUT2D eigenvalue weighted by Crippen LogP contribution is -2.50. The van der Waals surface area contributed by atoms with Gasteiger partial charge in [-0.2, -0.15) is 17.0 Å². The Hall–Kier alpha value is -0.660. The summed E-state index contributed by atoms with van der Waals surface area (Å²) in [4.78, 5) is 11.8. The van der Waals surface area contributed by atoms with Crippen molar-refractivity contribution >= 4 is 16.2 Å². The lowest BCUT2D eigenvalue weighted by molar-refractivity contribution is -0.146. The smallest absolute Gasteiger partial charge is 0.324 e.